The molecule has 0 aliphatic carbocycles. The van der Waals surface area contributed by atoms with E-state index in [1.807, 2.05) is 35.4 Å². The van der Waals surface area contributed by atoms with Gasteiger partial charge in [-0.2, -0.15) is 36.5 Å². The molecular formula is C25H27F6N5O7. The van der Waals surface area contributed by atoms with E-state index in [2.05, 4.69) is 15.3 Å². The molecule has 0 atom stereocenters. The maximum absolute atomic E-state index is 12.9. The van der Waals surface area contributed by atoms with Crippen LogP contribution >= 0.6 is 0 Å². The Kier molecular flexibility index (Phi) is 12.1. The lowest BCUT2D eigenvalue weighted by Crippen LogP contribution is -2.33. The lowest BCUT2D eigenvalue weighted by Gasteiger charge is -2.19. The number of ether oxygens (including phenoxy) is 2. The van der Waals surface area contributed by atoms with Crippen molar-refractivity contribution in [3.8, 4) is 17.0 Å². The van der Waals surface area contributed by atoms with E-state index in [0.717, 1.165) is 35.5 Å². The predicted molar refractivity (Wildman–Crippen MR) is 135 cm³/mol. The number of nitrogens with zero attached hydrogens (tertiary/aromatic N) is 4. The van der Waals surface area contributed by atoms with Gasteiger partial charge in [-0.25, -0.2) is 9.59 Å². The first-order chi connectivity index (χ1) is 20.1. The number of amides is 1. The van der Waals surface area contributed by atoms with E-state index in [1.54, 1.807) is 25.0 Å². The average Bonchev–Trinajstić information content (AvgIpc) is 3.53. The van der Waals surface area contributed by atoms with Crippen LogP contribution < -0.4 is 4.74 Å². The Morgan fingerprint density at radius 1 is 0.930 bits per heavy atom. The van der Waals surface area contributed by atoms with Crippen LogP contribution in [0, 0.1) is 0 Å². The zero-order valence-corrected chi connectivity index (χ0v) is 22.7. The molecular weight excluding hydrogens is 596 g/mol. The molecule has 1 amide bonds. The normalized spacial score (nSPS) is 13.0. The van der Waals surface area contributed by atoms with Crippen molar-refractivity contribution in [1.82, 2.24) is 24.9 Å². The number of carboxylic acid groups (broad SMARTS) is 2. The number of hydrogen-bond acceptors (Lipinski definition) is 7. The highest BCUT2D eigenvalue weighted by Gasteiger charge is 2.38. The smallest absolute Gasteiger partial charge is 0.490 e. The van der Waals surface area contributed by atoms with Crippen molar-refractivity contribution in [2.45, 2.75) is 31.7 Å². The fourth-order valence-corrected chi connectivity index (χ4v) is 3.62. The number of nitrogens with one attached hydrogen (secondary N) is 1. The van der Waals surface area contributed by atoms with Crippen LogP contribution in [0.3, 0.4) is 0 Å². The molecule has 0 spiro atoms. The summed E-state index contributed by atoms with van der Waals surface area (Å²) < 4.78 is 75.5. The Morgan fingerprint density at radius 2 is 1.49 bits per heavy atom. The Hall–Kier alpha value is -4.61. The number of rotatable bonds is 6. The van der Waals surface area contributed by atoms with Gasteiger partial charge in [-0.1, -0.05) is 0 Å². The van der Waals surface area contributed by atoms with Gasteiger partial charge in [0, 0.05) is 49.6 Å². The van der Waals surface area contributed by atoms with Crippen molar-refractivity contribution in [2.75, 3.05) is 33.9 Å². The number of carboxylic acids is 2. The third-order valence-corrected chi connectivity index (χ3v) is 5.74. The predicted octanol–water partition coefficient (Wildman–Crippen LogP) is 3.44. The second kappa shape index (κ2) is 15.0. The lowest BCUT2D eigenvalue weighted by atomic mass is 10.0. The van der Waals surface area contributed by atoms with E-state index >= 15 is 0 Å². The van der Waals surface area contributed by atoms with Crippen LogP contribution in [0.15, 0.2) is 36.5 Å². The van der Waals surface area contributed by atoms with Gasteiger partial charge in [0.05, 0.1) is 26.0 Å². The van der Waals surface area contributed by atoms with Crippen LogP contribution in [0.2, 0.25) is 0 Å². The van der Waals surface area contributed by atoms with E-state index in [9.17, 15) is 31.1 Å². The van der Waals surface area contributed by atoms with Gasteiger partial charge >= 0.3 is 24.3 Å². The molecule has 1 aliphatic heterocycles. The largest absolute Gasteiger partial charge is 0.497 e. The number of benzene rings is 1. The molecule has 3 aromatic rings. The minimum Gasteiger partial charge on any atom is -0.497 e. The molecule has 4 rings (SSSR count). The Bertz CT molecular complexity index is 1350. The van der Waals surface area contributed by atoms with E-state index < -0.39 is 24.3 Å². The molecule has 0 bridgehead atoms. The van der Waals surface area contributed by atoms with Crippen molar-refractivity contribution in [2.24, 2.45) is 0 Å². The molecule has 12 nitrogen and oxygen atoms in total. The molecule has 2 aromatic heterocycles. The molecule has 0 radical (unpaired) electrons. The molecule has 18 heteroatoms. The zero-order chi connectivity index (χ0) is 32.4. The van der Waals surface area contributed by atoms with Crippen molar-refractivity contribution >= 4 is 17.8 Å². The van der Waals surface area contributed by atoms with Crippen molar-refractivity contribution < 1.29 is 60.4 Å². The van der Waals surface area contributed by atoms with E-state index in [-0.39, 0.29) is 5.91 Å². The second-order valence-electron chi connectivity index (χ2n) is 8.61. The minimum absolute atomic E-state index is 0.0368. The third kappa shape index (κ3) is 10.3. The summed E-state index contributed by atoms with van der Waals surface area (Å²) in [6.07, 6.45) is -6.85. The summed E-state index contributed by atoms with van der Waals surface area (Å²) >= 11 is 0. The minimum atomic E-state index is -5.08. The number of alkyl halides is 6. The topological polar surface area (TPSA) is 160 Å². The number of hydrogen-bond donors (Lipinski definition) is 3. The number of carbonyl (C=O) groups is 3. The number of methoxy groups -OCH3 is 2. The standard InChI is InChI=1S/C21H25N5O3.2C2HF3O2/c1-28-14-13-26-12-9-19(24-26)21(27)25-10-7-17-18(8-11-25)22-23-20(17)15-3-5-16(29-2)6-4-15;2*3-2(4,5)1(6)7/h3-6,9,12H,7-8,10-11,13-14H2,1-2H3,(H,22,23);2*(H,6,7). The number of H-pyrrole nitrogens is 1. The highest BCUT2D eigenvalue weighted by Crippen LogP contribution is 2.28. The molecule has 43 heavy (non-hydrogen) atoms. The van der Waals surface area contributed by atoms with E-state index in [0.29, 0.717) is 31.9 Å². The van der Waals surface area contributed by atoms with Crippen LogP contribution in [-0.4, -0.2) is 99.2 Å². The fraction of sp³-hybridized carbons (Fsp3) is 0.400. The zero-order valence-electron chi connectivity index (χ0n) is 22.7. The molecule has 1 aliphatic rings. The number of fused-ring (bicyclic) bond motifs is 1. The average molecular weight is 624 g/mol. The van der Waals surface area contributed by atoms with Crippen molar-refractivity contribution in [3.63, 3.8) is 0 Å². The van der Waals surface area contributed by atoms with Gasteiger partial charge in [-0.15, -0.1) is 0 Å². The first-order valence-electron chi connectivity index (χ1n) is 12.2. The van der Waals surface area contributed by atoms with Crippen LogP contribution in [0.1, 0.15) is 21.7 Å². The van der Waals surface area contributed by atoms with E-state index in [4.69, 9.17) is 29.3 Å². The Morgan fingerprint density at radius 3 is 2.00 bits per heavy atom. The van der Waals surface area contributed by atoms with Gasteiger partial charge in [-0.3, -0.25) is 14.6 Å². The summed E-state index contributed by atoms with van der Waals surface area (Å²) in [5, 5.41) is 26.3. The van der Waals surface area contributed by atoms with Gasteiger partial charge in [0.25, 0.3) is 5.91 Å². The highest BCUT2D eigenvalue weighted by molar-refractivity contribution is 5.92. The van der Waals surface area contributed by atoms with Crippen molar-refractivity contribution in [1.29, 1.82) is 0 Å². The number of halogens is 6. The quantitative estimate of drug-likeness (QED) is 0.350. The van der Waals surface area contributed by atoms with Gasteiger partial charge in [-0.05, 0) is 36.8 Å². The maximum Gasteiger partial charge on any atom is 0.490 e. The Balaban J connectivity index is 0.000000384. The number of aromatic nitrogens is 4. The monoisotopic (exact) mass is 623 g/mol. The summed E-state index contributed by atoms with van der Waals surface area (Å²) in [7, 11) is 3.30. The first kappa shape index (κ1) is 34.6. The molecule has 236 valence electrons. The second-order valence-corrected chi connectivity index (χ2v) is 8.61. The Labute approximate surface area is 239 Å². The molecule has 3 N–H and O–H groups in total. The number of aromatic amines is 1. The molecule has 1 aromatic carbocycles. The summed E-state index contributed by atoms with van der Waals surface area (Å²) in [6.45, 7) is 2.47. The number of carbonyl (C=O) groups excluding carboxylic acids is 1. The molecule has 0 unspecified atom stereocenters. The molecule has 0 saturated heterocycles. The van der Waals surface area contributed by atoms with E-state index in [1.165, 1.54) is 5.56 Å². The van der Waals surface area contributed by atoms with Crippen LogP contribution in [0.5, 0.6) is 5.75 Å². The van der Waals surface area contributed by atoms with Crippen LogP contribution in [0.4, 0.5) is 26.3 Å². The highest BCUT2D eigenvalue weighted by atomic mass is 19.4. The summed E-state index contributed by atoms with van der Waals surface area (Å²) in [6, 6.07) is 9.66. The van der Waals surface area contributed by atoms with Gasteiger partial charge < -0.3 is 24.6 Å². The summed E-state index contributed by atoms with van der Waals surface area (Å²) in [5.41, 5.74) is 4.73. The number of aliphatic carboxylic acids is 2. The lowest BCUT2D eigenvalue weighted by molar-refractivity contribution is -0.193. The molecule has 0 fully saturated rings. The van der Waals surface area contributed by atoms with Gasteiger partial charge in [0.15, 0.2) is 0 Å². The summed E-state index contributed by atoms with van der Waals surface area (Å²) in [5.74, 6) is -4.73. The van der Waals surface area contributed by atoms with Crippen LogP contribution in [-0.2, 0) is 33.7 Å². The van der Waals surface area contributed by atoms with Crippen molar-refractivity contribution in [3.05, 3.63) is 53.5 Å². The SMILES string of the molecule is COCCn1ccc(C(=O)N2CCc3[nH]nc(-c4ccc(OC)cc4)c3CC2)n1.O=C(O)C(F)(F)F.O=C(O)C(F)(F)F. The third-order valence-electron chi connectivity index (χ3n) is 5.74. The van der Waals surface area contributed by atoms with Gasteiger partial charge in [0.1, 0.15) is 11.4 Å². The van der Waals surface area contributed by atoms with Crippen LogP contribution in [0.25, 0.3) is 11.3 Å². The fourth-order valence-electron chi connectivity index (χ4n) is 3.62. The first-order valence-corrected chi connectivity index (χ1v) is 12.2. The van der Waals surface area contributed by atoms with Gasteiger partial charge in [0.2, 0.25) is 0 Å². The summed E-state index contributed by atoms with van der Waals surface area (Å²) in [4.78, 5) is 32.6. The molecule has 0 saturated carbocycles. The molecule has 3 heterocycles. The maximum atomic E-state index is 12.9.